The summed E-state index contributed by atoms with van der Waals surface area (Å²) in [4.78, 5) is 10.3. The fourth-order valence-electron chi connectivity index (χ4n) is 1.44. The third-order valence-corrected chi connectivity index (χ3v) is 2.36. The monoisotopic (exact) mass is 298 g/mol. The predicted molar refractivity (Wildman–Crippen MR) is 84.0 cm³/mol. The van der Waals surface area contributed by atoms with Gasteiger partial charge in [-0.1, -0.05) is 48.5 Å². The van der Waals surface area contributed by atoms with Crippen LogP contribution in [0.1, 0.15) is 15.9 Å². The third kappa shape index (κ3) is 6.75. The summed E-state index contributed by atoms with van der Waals surface area (Å²) in [6.45, 7) is 3.66. The van der Waals surface area contributed by atoms with Crippen LogP contribution in [0.3, 0.4) is 0 Å². The zero-order chi connectivity index (χ0) is 14.1. The van der Waals surface area contributed by atoms with Gasteiger partial charge in [-0.05, 0) is 24.1 Å². The van der Waals surface area contributed by atoms with Gasteiger partial charge in [0.25, 0.3) is 0 Å². The minimum atomic E-state index is -1.11. The molecule has 0 bridgehead atoms. The van der Waals surface area contributed by atoms with Crippen LogP contribution in [-0.4, -0.2) is 53.9 Å². The summed E-state index contributed by atoms with van der Waals surface area (Å²) in [5.41, 5.74) is 1.26. The molecule has 0 radical (unpaired) electrons. The molecule has 0 spiro atoms. The topological polar surface area (TPSA) is 57.5 Å². The van der Waals surface area contributed by atoms with Gasteiger partial charge < -0.3 is 10.2 Å². The molecule has 2 N–H and O–H groups in total. The van der Waals surface area contributed by atoms with Crippen LogP contribution in [0.25, 0.3) is 0 Å². The van der Waals surface area contributed by atoms with Crippen molar-refractivity contribution in [3.8, 4) is 5.75 Å². The third-order valence-electron chi connectivity index (χ3n) is 2.36. The van der Waals surface area contributed by atoms with Crippen molar-refractivity contribution in [1.82, 2.24) is 0 Å². The van der Waals surface area contributed by atoms with Crippen LogP contribution in [-0.2, 0) is 6.42 Å². The Morgan fingerprint density at radius 2 is 1.60 bits per heavy atom. The fraction of sp³-hybridized carbons (Fsp3) is 0.0625. The van der Waals surface area contributed by atoms with E-state index in [9.17, 15) is 4.79 Å². The molecule has 0 unspecified atom stereocenters. The molecule has 2 aromatic carbocycles. The van der Waals surface area contributed by atoms with Gasteiger partial charge >= 0.3 is 43.7 Å². The number of rotatable bonds is 3. The number of aromatic hydroxyl groups is 1. The number of carboxylic acid groups (broad SMARTS) is 1. The summed E-state index contributed by atoms with van der Waals surface area (Å²) >= 11 is 0. The molecule has 0 amide bonds. The summed E-state index contributed by atoms with van der Waals surface area (Å²) in [7, 11) is 0. The van der Waals surface area contributed by atoms with Gasteiger partial charge in [0.1, 0.15) is 11.3 Å². The molecule has 3 nitrogen and oxygen atoms in total. The van der Waals surface area contributed by atoms with Crippen molar-refractivity contribution in [3.63, 3.8) is 0 Å². The molecule has 102 valence electrons. The second-order valence-electron chi connectivity index (χ2n) is 3.80. The standard InChI is InChI=1S/C9H10.C7H6O3.Ca.2H/c1-2-6-9-7-4-3-5-8-9;8-6-4-2-1-3-5(6)7(9)10;;;/h2-5,7-8H,1,6H2;1-4,8H,(H,9,10);;;. The molecule has 0 saturated heterocycles. The Morgan fingerprint density at radius 1 is 1.05 bits per heavy atom. The van der Waals surface area contributed by atoms with Crippen molar-refractivity contribution in [1.29, 1.82) is 0 Å². The van der Waals surface area contributed by atoms with Gasteiger partial charge in [0.15, 0.2) is 0 Å². The number of allylic oxidation sites excluding steroid dienone is 1. The van der Waals surface area contributed by atoms with Crippen molar-refractivity contribution >= 4 is 43.7 Å². The molecule has 0 aromatic heterocycles. The van der Waals surface area contributed by atoms with E-state index in [0.717, 1.165) is 6.42 Å². The molecule has 4 heteroatoms. The first-order valence-electron chi connectivity index (χ1n) is 5.81. The van der Waals surface area contributed by atoms with Gasteiger partial charge in [-0.25, -0.2) is 4.79 Å². The van der Waals surface area contributed by atoms with E-state index in [1.165, 1.54) is 17.7 Å². The molecule has 0 saturated carbocycles. The molecule has 0 aliphatic rings. The minimum absolute atomic E-state index is 0. The average molecular weight is 298 g/mol. The van der Waals surface area contributed by atoms with E-state index in [0.29, 0.717) is 0 Å². The second-order valence-corrected chi connectivity index (χ2v) is 3.80. The number of phenols is 1. The number of carbonyl (C=O) groups is 1. The van der Waals surface area contributed by atoms with Gasteiger partial charge in [0.05, 0.1) is 0 Å². The fourth-order valence-corrected chi connectivity index (χ4v) is 1.44. The Bertz CT molecular complexity index is 538. The number of aromatic carboxylic acids is 1. The van der Waals surface area contributed by atoms with E-state index < -0.39 is 5.97 Å². The van der Waals surface area contributed by atoms with Crippen LogP contribution in [0.2, 0.25) is 0 Å². The van der Waals surface area contributed by atoms with Crippen molar-refractivity contribution < 1.29 is 15.0 Å². The first kappa shape index (κ1) is 18.7. The van der Waals surface area contributed by atoms with Gasteiger partial charge in [0, 0.05) is 0 Å². The van der Waals surface area contributed by atoms with Crippen LogP contribution in [0.5, 0.6) is 5.75 Å². The predicted octanol–water partition coefficient (Wildman–Crippen LogP) is 2.59. The quantitative estimate of drug-likeness (QED) is 0.676. The summed E-state index contributed by atoms with van der Waals surface area (Å²) in [5, 5.41) is 17.3. The van der Waals surface area contributed by atoms with Crippen molar-refractivity contribution in [2.75, 3.05) is 0 Å². The van der Waals surface area contributed by atoms with E-state index in [1.807, 2.05) is 24.3 Å². The van der Waals surface area contributed by atoms with Crippen LogP contribution < -0.4 is 0 Å². The number of hydrogen-bond acceptors (Lipinski definition) is 2. The second kappa shape index (κ2) is 10.5. The van der Waals surface area contributed by atoms with Crippen molar-refractivity contribution in [3.05, 3.63) is 78.4 Å². The van der Waals surface area contributed by atoms with Crippen LogP contribution in [0, 0.1) is 0 Å². The SMILES string of the molecule is C=CCc1ccccc1.O=C(O)c1ccccc1O.[CaH2]. The van der Waals surface area contributed by atoms with Crippen LogP contribution in [0.4, 0.5) is 0 Å². The van der Waals surface area contributed by atoms with E-state index in [1.54, 1.807) is 12.1 Å². The summed E-state index contributed by atoms with van der Waals surface area (Å²) in [5.74, 6) is -1.31. The van der Waals surface area contributed by atoms with E-state index >= 15 is 0 Å². The van der Waals surface area contributed by atoms with Crippen molar-refractivity contribution in [2.45, 2.75) is 6.42 Å². The van der Waals surface area contributed by atoms with Gasteiger partial charge in [-0.15, -0.1) is 6.58 Å². The molecule has 20 heavy (non-hydrogen) atoms. The molecular formula is C16H18CaO3. The zero-order valence-corrected chi connectivity index (χ0v) is 10.5. The van der Waals surface area contributed by atoms with E-state index in [-0.39, 0.29) is 49.1 Å². The maximum atomic E-state index is 10.3. The molecular weight excluding hydrogens is 280 g/mol. The van der Waals surface area contributed by atoms with Gasteiger partial charge in [-0.3, -0.25) is 0 Å². The molecule has 0 heterocycles. The first-order valence-corrected chi connectivity index (χ1v) is 5.81. The summed E-state index contributed by atoms with van der Waals surface area (Å²) in [6.07, 6.45) is 2.89. The van der Waals surface area contributed by atoms with E-state index in [4.69, 9.17) is 10.2 Å². The Morgan fingerprint density at radius 3 is 2.05 bits per heavy atom. The Balaban J connectivity index is 0.000000345. The molecule has 0 fully saturated rings. The Kier molecular flexibility index (Phi) is 9.81. The van der Waals surface area contributed by atoms with Crippen molar-refractivity contribution in [2.24, 2.45) is 0 Å². The maximum absolute atomic E-state index is 10.3. The number of hydrogen-bond donors (Lipinski definition) is 2. The normalized spacial score (nSPS) is 8.60. The van der Waals surface area contributed by atoms with Gasteiger partial charge in [0.2, 0.25) is 0 Å². The van der Waals surface area contributed by atoms with Crippen LogP contribution >= 0.6 is 0 Å². The Labute approximate surface area is 148 Å². The zero-order valence-electron chi connectivity index (χ0n) is 10.5. The summed E-state index contributed by atoms with van der Waals surface area (Å²) in [6, 6.07) is 16.1. The number of para-hydroxylation sites is 1. The molecule has 0 atom stereocenters. The summed E-state index contributed by atoms with van der Waals surface area (Å²) < 4.78 is 0. The average Bonchev–Trinajstić information content (AvgIpc) is 2.41. The molecule has 2 rings (SSSR count). The molecule has 2 aromatic rings. The number of benzene rings is 2. The van der Waals surface area contributed by atoms with E-state index in [2.05, 4.69) is 18.7 Å². The molecule has 0 aliphatic carbocycles. The van der Waals surface area contributed by atoms with Crippen LogP contribution in [0.15, 0.2) is 67.3 Å². The molecule has 0 aliphatic heterocycles. The Hall–Kier alpha value is -1.29. The van der Waals surface area contributed by atoms with Gasteiger partial charge in [-0.2, -0.15) is 0 Å². The first-order chi connectivity index (χ1) is 9.15. The number of carboxylic acids is 1.